The highest BCUT2D eigenvalue weighted by atomic mass is 32.2. The molecule has 5 rings (SSSR count). The van der Waals surface area contributed by atoms with E-state index in [0.29, 0.717) is 32.9 Å². The number of carbonyl (C=O) groups is 1. The van der Waals surface area contributed by atoms with E-state index in [1.807, 2.05) is 30.3 Å². The highest BCUT2D eigenvalue weighted by molar-refractivity contribution is 8.26. The first-order chi connectivity index (χ1) is 17.0. The van der Waals surface area contributed by atoms with Crippen LogP contribution in [0.2, 0.25) is 0 Å². The maximum absolute atomic E-state index is 13.4. The van der Waals surface area contributed by atoms with Crippen LogP contribution in [0.5, 0.6) is 17.4 Å². The van der Waals surface area contributed by atoms with Gasteiger partial charge in [0.1, 0.15) is 27.0 Å². The molecule has 0 atom stereocenters. The van der Waals surface area contributed by atoms with Gasteiger partial charge in [-0.05, 0) is 48.0 Å². The minimum absolute atomic E-state index is 0.0969. The van der Waals surface area contributed by atoms with Crippen LogP contribution in [0.15, 0.2) is 88.7 Å². The second-order valence-electron chi connectivity index (χ2n) is 7.60. The molecular formula is C26H19N3O4S2. The van der Waals surface area contributed by atoms with Crippen molar-refractivity contribution in [2.75, 3.05) is 7.11 Å². The summed E-state index contributed by atoms with van der Waals surface area (Å²) in [6.07, 6.45) is 3.14. The van der Waals surface area contributed by atoms with E-state index in [9.17, 15) is 9.59 Å². The van der Waals surface area contributed by atoms with Crippen LogP contribution in [0.25, 0.3) is 11.7 Å². The van der Waals surface area contributed by atoms with Gasteiger partial charge in [0.15, 0.2) is 0 Å². The molecule has 0 saturated carbocycles. The van der Waals surface area contributed by atoms with E-state index in [-0.39, 0.29) is 22.9 Å². The molecule has 9 heteroatoms. The van der Waals surface area contributed by atoms with Crippen molar-refractivity contribution < 1.29 is 14.3 Å². The van der Waals surface area contributed by atoms with Gasteiger partial charge in [0.2, 0.25) is 5.88 Å². The number of ether oxygens (including phenoxy) is 2. The third-order valence-corrected chi connectivity index (χ3v) is 6.72. The van der Waals surface area contributed by atoms with Crippen LogP contribution >= 0.6 is 24.0 Å². The van der Waals surface area contributed by atoms with Gasteiger partial charge in [0.25, 0.3) is 11.5 Å². The van der Waals surface area contributed by atoms with Gasteiger partial charge in [-0.3, -0.25) is 18.9 Å². The molecule has 2 aromatic heterocycles. The number of methoxy groups -OCH3 is 1. The first kappa shape index (κ1) is 22.8. The average molecular weight is 502 g/mol. The number of pyridine rings is 1. The Hall–Kier alpha value is -3.95. The number of amides is 1. The average Bonchev–Trinajstić information content (AvgIpc) is 3.14. The molecule has 0 radical (unpaired) electrons. The molecule has 0 unspecified atom stereocenters. The Kier molecular flexibility index (Phi) is 6.35. The van der Waals surface area contributed by atoms with Gasteiger partial charge >= 0.3 is 0 Å². The molecule has 1 aliphatic heterocycles. The topological polar surface area (TPSA) is 73.1 Å². The number of thioether (sulfide) groups is 1. The highest BCUT2D eigenvalue weighted by Gasteiger charge is 2.32. The van der Waals surface area contributed by atoms with Crippen LogP contribution in [0.4, 0.5) is 0 Å². The number of nitrogens with zero attached hydrogens (tertiary/aromatic N) is 3. The van der Waals surface area contributed by atoms with Gasteiger partial charge in [0, 0.05) is 6.20 Å². The van der Waals surface area contributed by atoms with Crippen LogP contribution in [0, 0.1) is 0 Å². The summed E-state index contributed by atoms with van der Waals surface area (Å²) in [5.41, 5.74) is 1.19. The Bertz CT molecular complexity index is 1520. The maximum Gasteiger partial charge on any atom is 0.269 e. The standard InChI is InChI=1S/C26H19N3O4S2/c1-32-18-10-12-19(13-11-18)33-23-20(24(30)28-14-6-5-9-22(28)27-23)15-21-25(31)29(26(34)35-21)16-17-7-3-2-4-8-17/h2-15H,16H2,1H3. The first-order valence-corrected chi connectivity index (χ1v) is 11.9. The first-order valence-electron chi connectivity index (χ1n) is 10.7. The number of benzene rings is 2. The smallest absolute Gasteiger partial charge is 0.269 e. The van der Waals surface area contributed by atoms with Crippen LogP contribution < -0.4 is 15.0 Å². The van der Waals surface area contributed by atoms with Crippen molar-refractivity contribution in [1.29, 1.82) is 0 Å². The summed E-state index contributed by atoms with van der Waals surface area (Å²) in [5.74, 6) is 0.979. The van der Waals surface area contributed by atoms with Crippen molar-refractivity contribution >= 4 is 45.9 Å². The van der Waals surface area contributed by atoms with Gasteiger partial charge in [-0.2, -0.15) is 4.98 Å². The molecule has 1 aliphatic rings. The summed E-state index contributed by atoms with van der Waals surface area (Å²) >= 11 is 6.62. The third-order valence-electron chi connectivity index (χ3n) is 5.34. The Labute approximate surface area is 210 Å². The quantitative estimate of drug-likeness (QED) is 0.275. The second-order valence-corrected chi connectivity index (χ2v) is 9.27. The maximum atomic E-state index is 13.4. The van der Waals surface area contributed by atoms with Gasteiger partial charge in [0.05, 0.1) is 18.6 Å². The van der Waals surface area contributed by atoms with Crippen molar-refractivity contribution in [3.63, 3.8) is 0 Å². The zero-order valence-electron chi connectivity index (χ0n) is 18.6. The van der Waals surface area contributed by atoms with Gasteiger partial charge in [-0.25, -0.2) is 0 Å². The fourth-order valence-corrected chi connectivity index (χ4v) is 4.81. The SMILES string of the molecule is COc1ccc(Oc2nc3ccccn3c(=O)c2C=C2SC(=S)N(Cc3ccccc3)C2=O)cc1. The summed E-state index contributed by atoms with van der Waals surface area (Å²) in [4.78, 5) is 33.0. The van der Waals surface area contributed by atoms with Crippen molar-refractivity contribution in [2.45, 2.75) is 6.54 Å². The summed E-state index contributed by atoms with van der Waals surface area (Å²) in [5, 5.41) is 0. The zero-order valence-corrected chi connectivity index (χ0v) is 20.2. The molecule has 3 heterocycles. The zero-order chi connectivity index (χ0) is 24.4. The second kappa shape index (κ2) is 9.73. The van der Waals surface area contributed by atoms with Crippen molar-refractivity contribution in [2.24, 2.45) is 0 Å². The Morgan fingerprint density at radius 1 is 0.971 bits per heavy atom. The lowest BCUT2D eigenvalue weighted by Crippen LogP contribution is -2.27. The minimum Gasteiger partial charge on any atom is -0.497 e. The molecule has 1 fully saturated rings. The van der Waals surface area contributed by atoms with Crippen molar-refractivity contribution in [3.05, 3.63) is 105 Å². The highest BCUT2D eigenvalue weighted by Crippen LogP contribution is 2.35. The van der Waals surface area contributed by atoms with Gasteiger partial charge in [-0.1, -0.05) is 60.4 Å². The number of fused-ring (bicyclic) bond motifs is 1. The summed E-state index contributed by atoms with van der Waals surface area (Å²) in [6, 6.07) is 21.8. The molecule has 0 N–H and O–H groups in total. The van der Waals surface area contributed by atoms with E-state index >= 15 is 0 Å². The normalized spacial score (nSPS) is 14.7. The fraction of sp³-hybridized carbons (Fsp3) is 0.0769. The third kappa shape index (κ3) is 4.68. The molecule has 7 nitrogen and oxygen atoms in total. The Balaban J connectivity index is 1.55. The summed E-state index contributed by atoms with van der Waals surface area (Å²) < 4.78 is 13.0. The summed E-state index contributed by atoms with van der Waals surface area (Å²) in [7, 11) is 1.58. The van der Waals surface area contributed by atoms with Crippen LogP contribution in [-0.4, -0.2) is 31.6 Å². The predicted octanol–water partition coefficient (Wildman–Crippen LogP) is 4.90. The van der Waals surface area contributed by atoms with Crippen LogP contribution in [-0.2, 0) is 11.3 Å². The number of rotatable bonds is 6. The molecule has 0 aliphatic carbocycles. The largest absolute Gasteiger partial charge is 0.497 e. The monoisotopic (exact) mass is 501 g/mol. The van der Waals surface area contributed by atoms with Crippen LogP contribution in [0.1, 0.15) is 11.1 Å². The molecule has 35 heavy (non-hydrogen) atoms. The number of hydrogen-bond acceptors (Lipinski definition) is 7. The van der Waals surface area contributed by atoms with Crippen molar-refractivity contribution in [1.82, 2.24) is 14.3 Å². The van der Waals surface area contributed by atoms with Crippen molar-refractivity contribution in [3.8, 4) is 17.4 Å². The van der Waals surface area contributed by atoms with E-state index in [2.05, 4.69) is 4.98 Å². The number of thiocarbonyl (C=S) groups is 1. The number of hydrogen-bond donors (Lipinski definition) is 0. The molecule has 1 saturated heterocycles. The van der Waals surface area contributed by atoms with E-state index in [1.165, 1.54) is 15.4 Å². The molecule has 174 valence electrons. The lowest BCUT2D eigenvalue weighted by Gasteiger charge is -2.14. The Morgan fingerprint density at radius 3 is 2.43 bits per heavy atom. The summed E-state index contributed by atoms with van der Waals surface area (Å²) in [6.45, 7) is 0.354. The molecule has 0 bridgehead atoms. The minimum atomic E-state index is -0.354. The fourth-order valence-electron chi connectivity index (χ4n) is 3.57. The predicted molar refractivity (Wildman–Crippen MR) is 140 cm³/mol. The number of aromatic nitrogens is 2. The lowest BCUT2D eigenvalue weighted by atomic mass is 10.2. The van der Waals surface area contributed by atoms with Gasteiger partial charge in [-0.15, -0.1) is 0 Å². The lowest BCUT2D eigenvalue weighted by molar-refractivity contribution is -0.122. The molecule has 1 amide bonds. The van der Waals surface area contributed by atoms with E-state index in [1.54, 1.807) is 55.8 Å². The Morgan fingerprint density at radius 2 is 1.69 bits per heavy atom. The van der Waals surface area contributed by atoms with E-state index < -0.39 is 0 Å². The van der Waals surface area contributed by atoms with Crippen LogP contribution in [0.3, 0.4) is 0 Å². The molecule has 2 aromatic carbocycles. The molecular weight excluding hydrogens is 482 g/mol. The molecule has 4 aromatic rings. The molecule has 0 spiro atoms. The van der Waals surface area contributed by atoms with E-state index in [0.717, 1.165) is 17.3 Å². The number of carbonyl (C=O) groups excluding carboxylic acids is 1. The van der Waals surface area contributed by atoms with Gasteiger partial charge < -0.3 is 9.47 Å². The van der Waals surface area contributed by atoms with E-state index in [4.69, 9.17) is 21.7 Å².